The van der Waals surface area contributed by atoms with Gasteiger partial charge >= 0.3 is 0 Å². The first-order valence-corrected chi connectivity index (χ1v) is 7.59. The van der Waals surface area contributed by atoms with Crippen LogP contribution in [-0.2, 0) is 0 Å². The number of thioether (sulfide) groups is 1. The third kappa shape index (κ3) is 2.40. The second-order valence-electron chi connectivity index (χ2n) is 4.81. The van der Waals surface area contributed by atoms with Crippen LogP contribution in [0, 0.1) is 0 Å². The lowest BCUT2D eigenvalue weighted by atomic mass is 10.2. The molecule has 1 aromatic heterocycles. The van der Waals surface area contributed by atoms with Gasteiger partial charge in [0.15, 0.2) is 5.16 Å². The maximum atomic E-state index is 4.65. The van der Waals surface area contributed by atoms with Crippen molar-refractivity contribution in [3.05, 3.63) is 24.3 Å². The first-order valence-electron chi connectivity index (χ1n) is 6.71. The number of para-hydroxylation sites is 2. The van der Waals surface area contributed by atoms with Gasteiger partial charge in [-0.2, -0.15) is 0 Å². The topological polar surface area (TPSA) is 40.7 Å². The molecular formula is C14H19N3S. The van der Waals surface area contributed by atoms with E-state index in [9.17, 15) is 0 Å². The molecule has 1 fully saturated rings. The van der Waals surface area contributed by atoms with Crippen molar-refractivity contribution in [1.82, 2.24) is 15.3 Å². The molecule has 1 aromatic carbocycles. The maximum Gasteiger partial charge on any atom is 0.166 e. The largest absolute Gasteiger partial charge is 0.333 e. The second-order valence-corrected chi connectivity index (χ2v) is 6.04. The maximum absolute atomic E-state index is 4.65. The van der Waals surface area contributed by atoms with E-state index in [0.29, 0.717) is 11.3 Å². The molecule has 2 atom stereocenters. The van der Waals surface area contributed by atoms with Gasteiger partial charge in [-0.1, -0.05) is 37.2 Å². The second kappa shape index (κ2) is 5.33. The van der Waals surface area contributed by atoms with Crippen LogP contribution in [0.3, 0.4) is 0 Å². The van der Waals surface area contributed by atoms with E-state index < -0.39 is 0 Å². The van der Waals surface area contributed by atoms with E-state index in [4.69, 9.17) is 0 Å². The molecule has 0 spiro atoms. The molecule has 4 heteroatoms. The third-order valence-electron chi connectivity index (χ3n) is 3.55. The van der Waals surface area contributed by atoms with Crippen molar-refractivity contribution in [1.29, 1.82) is 0 Å². The lowest BCUT2D eigenvalue weighted by molar-refractivity contribution is 0.550. The van der Waals surface area contributed by atoms with Gasteiger partial charge < -0.3 is 10.3 Å². The van der Waals surface area contributed by atoms with Crippen LogP contribution < -0.4 is 5.32 Å². The number of aromatic nitrogens is 2. The molecule has 3 nitrogen and oxygen atoms in total. The number of aromatic amines is 1. The Balaban J connectivity index is 1.75. The molecule has 18 heavy (non-hydrogen) atoms. The molecule has 0 amide bonds. The molecule has 96 valence electrons. The standard InChI is InChI=1S/C14H19N3S/c1-2-15-12-8-5-9-13(12)18-14-16-10-6-3-4-7-11(10)17-14/h3-4,6-7,12-13,15H,2,5,8-9H2,1H3,(H,16,17). The van der Waals surface area contributed by atoms with E-state index in [1.807, 2.05) is 23.9 Å². The highest BCUT2D eigenvalue weighted by Gasteiger charge is 2.28. The minimum Gasteiger partial charge on any atom is -0.333 e. The molecule has 0 radical (unpaired) electrons. The van der Waals surface area contributed by atoms with Gasteiger partial charge in [0.1, 0.15) is 0 Å². The van der Waals surface area contributed by atoms with Crippen LogP contribution in [0.15, 0.2) is 29.4 Å². The van der Waals surface area contributed by atoms with Crippen molar-refractivity contribution in [3.63, 3.8) is 0 Å². The Labute approximate surface area is 112 Å². The van der Waals surface area contributed by atoms with Crippen LogP contribution in [-0.4, -0.2) is 27.8 Å². The molecule has 0 saturated heterocycles. The fourth-order valence-electron chi connectivity index (χ4n) is 2.69. The minimum atomic E-state index is 0.646. The van der Waals surface area contributed by atoms with Gasteiger partial charge in [-0.25, -0.2) is 4.98 Å². The average Bonchev–Trinajstić information content (AvgIpc) is 2.97. The van der Waals surface area contributed by atoms with Gasteiger partial charge in [0, 0.05) is 11.3 Å². The fraction of sp³-hybridized carbons (Fsp3) is 0.500. The predicted octanol–water partition coefficient (Wildman–Crippen LogP) is 3.19. The predicted molar refractivity (Wildman–Crippen MR) is 77.1 cm³/mol. The molecule has 2 aromatic rings. The number of rotatable bonds is 4. The quantitative estimate of drug-likeness (QED) is 0.888. The average molecular weight is 261 g/mol. The summed E-state index contributed by atoms with van der Waals surface area (Å²) < 4.78 is 0. The lowest BCUT2D eigenvalue weighted by Crippen LogP contribution is -2.33. The Kier molecular flexibility index (Phi) is 3.57. The molecule has 2 unspecified atom stereocenters. The summed E-state index contributed by atoms with van der Waals surface area (Å²) in [7, 11) is 0. The smallest absolute Gasteiger partial charge is 0.166 e. The van der Waals surface area contributed by atoms with Crippen LogP contribution in [0.5, 0.6) is 0 Å². The van der Waals surface area contributed by atoms with Gasteiger partial charge in [0.05, 0.1) is 11.0 Å². The lowest BCUT2D eigenvalue weighted by Gasteiger charge is -2.18. The van der Waals surface area contributed by atoms with E-state index in [-0.39, 0.29) is 0 Å². The van der Waals surface area contributed by atoms with Gasteiger partial charge in [-0.05, 0) is 31.5 Å². The Bertz CT molecular complexity index is 489. The molecule has 1 aliphatic rings. The van der Waals surface area contributed by atoms with E-state index >= 15 is 0 Å². The van der Waals surface area contributed by atoms with Crippen LogP contribution in [0.2, 0.25) is 0 Å². The molecule has 0 bridgehead atoms. The van der Waals surface area contributed by atoms with Crippen molar-refractivity contribution in [2.24, 2.45) is 0 Å². The molecule has 1 saturated carbocycles. The number of hydrogen-bond donors (Lipinski definition) is 2. The molecule has 2 N–H and O–H groups in total. The normalized spacial score (nSPS) is 23.8. The van der Waals surface area contributed by atoms with Gasteiger partial charge in [0.25, 0.3) is 0 Å². The number of nitrogens with one attached hydrogen (secondary N) is 2. The summed E-state index contributed by atoms with van der Waals surface area (Å²) in [5, 5.41) is 5.31. The van der Waals surface area contributed by atoms with Crippen molar-refractivity contribution < 1.29 is 0 Å². The number of imidazole rings is 1. The highest BCUT2D eigenvalue weighted by Crippen LogP contribution is 2.34. The summed E-state index contributed by atoms with van der Waals surface area (Å²) in [6.07, 6.45) is 3.92. The number of H-pyrrole nitrogens is 1. The summed E-state index contributed by atoms with van der Waals surface area (Å²) >= 11 is 1.90. The van der Waals surface area contributed by atoms with Crippen LogP contribution in [0.4, 0.5) is 0 Å². The van der Waals surface area contributed by atoms with E-state index in [2.05, 4.69) is 34.3 Å². The van der Waals surface area contributed by atoms with Crippen molar-refractivity contribution in [3.8, 4) is 0 Å². The number of hydrogen-bond acceptors (Lipinski definition) is 3. The molecule has 1 heterocycles. The van der Waals surface area contributed by atoms with Gasteiger partial charge in [-0.3, -0.25) is 0 Å². The Morgan fingerprint density at radius 1 is 1.39 bits per heavy atom. The zero-order valence-electron chi connectivity index (χ0n) is 10.6. The zero-order valence-corrected chi connectivity index (χ0v) is 11.5. The minimum absolute atomic E-state index is 0.646. The highest BCUT2D eigenvalue weighted by atomic mass is 32.2. The van der Waals surface area contributed by atoms with E-state index in [1.54, 1.807) is 0 Å². The summed E-state index contributed by atoms with van der Waals surface area (Å²) in [4.78, 5) is 8.06. The monoisotopic (exact) mass is 261 g/mol. The van der Waals surface area contributed by atoms with Crippen molar-refractivity contribution >= 4 is 22.8 Å². The zero-order chi connectivity index (χ0) is 12.4. The highest BCUT2D eigenvalue weighted by molar-refractivity contribution is 7.99. The molecular weight excluding hydrogens is 242 g/mol. The fourth-order valence-corrected chi connectivity index (χ4v) is 3.98. The summed E-state index contributed by atoms with van der Waals surface area (Å²) in [6.45, 7) is 3.24. The van der Waals surface area contributed by atoms with E-state index in [0.717, 1.165) is 22.7 Å². The van der Waals surface area contributed by atoms with E-state index in [1.165, 1.54) is 19.3 Å². The number of fused-ring (bicyclic) bond motifs is 1. The van der Waals surface area contributed by atoms with Gasteiger partial charge in [-0.15, -0.1) is 0 Å². The van der Waals surface area contributed by atoms with Gasteiger partial charge in [0.2, 0.25) is 0 Å². The Hall–Kier alpha value is -1.00. The van der Waals surface area contributed by atoms with Crippen LogP contribution in [0.1, 0.15) is 26.2 Å². The first kappa shape index (κ1) is 12.1. The molecule has 0 aliphatic heterocycles. The van der Waals surface area contributed by atoms with Crippen LogP contribution in [0.25, 0.3) is 11.0 Å². The summed E-state index contributed by atoms with van der Waals surface area (Å²) in [5.41, 5.74) is 2.20. The first-order chi connectivity index (χ1) is 8.86. The number of benzene rings is 1. The van der Waals surface area contributed by atoms with Crippen molar-refractivity contribution in [2.75, 3.05) is 6.54 Å². The summed E-state index contributed by atoms with van der Waals surface area (Å²) in [5.74, 6) is 0. The van der Waals surface area contributed by atoms with Crippen LogP contribution >= 0.6 is 11.8 Å². The summed E-state index contributed by atoms with van der Waals surface area (Å²) in [6, 6.07) is 8.88. The number of nitrogens with zero attached hydrogens (tertiary/aromatic N) is 1. The molecule has 3 rings (SSSR count). The molecule has 1 aliphatic carbocycles. The third-order valence-corrected chi connectivity index (χ3v) is 4.83. The Morgan fingerprint density at radius 3 is 3.11 bits per heavy atom. The SMILES string of the molecule is CCNC1CCCC1Sc1nc2ccccc2[nH]1. The van der Waals surface area contributed by atoms with Crippen molar-refractivity contribution in [2.45, 2.75) is 42.6 Å². The Morgan fingerprint density at radius 2 is 2.28 bits per heavy atom.